The first-order valence-corrected chi connectivity index (χ1v) is 8.87. The standard InChI is InChI=1S/C16H27N3OS/c1-13-12-21-16(18-13)6-3-9-17-15(20)8-7-14-5-4-10-19(2)11-14/h12,14H,3-11H2,1-2H3,(H,17,20)/t14-/m0/s1. The molecular weight excluding hydrogens is 282 g/mol. The van der Waals surface area contributed by atoms with Gasteiger partial charge in [0.05, 0.1) is 5.01 Å². The summed E-state index contributed by atoms with van der Waals surface area (Å²) in [5.74, 6) is 0.909. The van der Waals surface area contributed by atoms with E-state index < -0.39 is 0 Å². The topological polar surface area (TPSA) is 45.2 Å². The van der Waals surface area contributed by atoms with Gasteiger partial charge < -0.3 is 10.2 Å². The quantitative estimate of drug-likeness (QED) is 0.788. The van der Waals surface area contributed by atoms with Gasteiger partial charge in [0.25, 0.3) is 0 Å². The smallest absolute Gasteiger partial charge is 0.220 e. The summed E-state index contributed by atoms with van der Waals surface area (Å²) in [7, 11) is 2.17. The van der Waals surface area contributed by atoms with E-state index in [1.54, 1.807) is 11.3 Å². The van der Waals surface area contributed by atoms with E-state index in [1.807, 2.05) is 6.92 Å². The molecule has 0 aliphatic carbocycles. The number of carbonyl (C=O) groups is 1. The van der Waals surface area contributed by atoms with Crippen molar-refractivity contribution >= 4 is 17.2 Å². The van der Waals surface area contributed by atoms with Crippen LogP contribution >= 0.6 is 11.3 Å². The van der Waals surface area contributed by atoms with Crippen molar-refractivity contribution in [2.75, 3.05) is 26.7 Å². The number of rotatable bonds is 7. The Morgan fingerprint density at radius 2 is 2.43 bits per heavy atom. The molecular formula is C16H27N3OS. The maximum atomic E-state index is 11.8. The van der Waals surface area contributed by atoms with Crippen molar-refractivity contribution in [1.29, 1.82) is 0 Å². The summed E-state index contributed by atoms with van der Waals surface area (Å²) in [4.78, 5) is 18.7. The highest BCUT2D eigenvalue weighted by molar-refractivity contribution is 7.09. The van der Waals surface area contributed by atoms with Gasteiger partial charge in [-0.3, -0.25) is 4.79 Å². The van der Waals surface area contributed by atoms with Gasteiger partial charge in [0.15, 0.2) is 0 Å². The maximum Gasteiger partial charge on any atom is 0.220 e. The molecule has 0 radical (unpaired) electrons. The number of likely N-dealkylation sites (tertiary alicyclic amines) is 1. The molecule has 1 fully saturated rings. The van der Waals surface area contributed by atoms with E-state index in [0.29, 0.717) is 12.3 Å². The molecule has 118 valence electrons. The van der Waals surface area contributed by atoms with Crippen LogP contribution in [0.1, 0.15) is 42.8 Å². The van der Waals surface area contributed by atoms with E-state index in [1.165, 1.54) is 24.4 Å². The number of nitrogens with zero attached hydrogens (tertiary/aromatic N) is 2. The highest BCUT2D eigenvalue weighted by Crippen LogP contribution is 2.19. The zero-order chi connectivity index (χ0) is 15.1. The van der Waals surface area contributed by atoms with Crippen LogP contribution in [-0.2, 0) is 11.2 Å². The predicted molar refractivity (Wildman–Crippen MR) is 87.6 cm³/mol. The summed E-state index contributed by atoms with van der Waals surface area (Å²) in [6.45, 7) is 5.14. The number of hydrogen-bond acceptors (Lipinski definition) is 4. The molecule has 4 nitrogen and oxygen atoms in total. The van der Waals surface area contributed by atoms with E-state index in [-0.39, 0.29) is 5.91 Å². The lowest BCUT2D eigenvalue weighted by molar-refractivity contribution is -0.121. The Morgan fingerprint density at radius 1 is 1.57 bits per heavy atom. The first-order valence-electron chi connectivity index (χ1n) is 7.99. The second-order valence-corrected chi connectivity index (χ2v) is 7.09. The average Bonchev–Trinajstić information content (AvgIpc) is 2.87. The second-order valence-electron chi connectivity index (χ2n) is 6.15. The molecule has 1 aromatic heterocycles. The fraction of sp³-hybridized carbons (Fsp3) is 0.750. The van der Waals surface area contributed by atoms with Gasteiger partial charge in [-0.1, -0.05) is 0 Å². The first kappa shape index (κ1) is 16.4. The lowest BCUT2D eigenvalue weighted by Gasteiger charge is -2.29. The molecule has 0 saturated carbocycles. The summed E-state index contributed by atoms with van der Waals surface area (Å²) in [6.07, 6.45) is 6.20. The third-order valence-electron chi connectivity index (χ3n) is 4.06. The van der Waals surface area contributed by atoms with Crippen molar-refractivity contribution in [2.24, 2.45) is 5.92 Å². The van der Waals surface area contributed by atoms with E-state index >= 15 is 0 Å². The van der Waals surface area contributed by atoms with Gasteiger partial charge in [0.2, 0.25) is 5.91 Å². The number of thiazole rings is 1. The normalized spacial score (nSPS) is 19.6. The number of amides is 1. The van der Waals surface area contributed by atoms with Gasteiger partial charge in [0.1, 0.15) is 0 Å². The third kappa shape index (κ3) is 6.14. The largest absolute Gasteiger partial charge is 0.356 e. The molecule has 1 saturated heterocycles. The van der Waals surface area contributed by atoms with Gasteiger partial charge in [-0.15, -0.1) is 11.3 Å². The lowest BCUT2D eigenvalue weighted by Crippen LogP contribution is -2.33. The van der Waals surface area contributed by atoms with Gasteiger partial charge in [-0.25, -0.2) is 4.98 Å². The molecule has 0 bridgehead atoms. The molecule has 0 unspecified atom stereocenters. The number of carbonyl (C=O) groups excluding carboxylic acids is 1. The predicted octanol–water partition coefficient (Wildman–Crippen LogP) is 2.62. The second kappa shape index (κ2) is 8.49. The third-order valence-corrected chi connectivity index (χ3v) is 5.08. The minimum absolute atomic E-state index is 0.207. The van der Waals surface area contributed by atoms with Crippen molar-refractivity contribution in [3.63, 3.8) is 0 Å². The highest BCUT2D eigenvalue weighted by atomic mass is 32.1. The Bertz CT molecular complexity index is 446. The molecule has 1 aliphatic heterocycles. The Kier molecular flexibility index (Phi) is 6.64. The summed E-state index contributed by atoms with van der Waals surface area (Å²) in [6, 6.07) is 0. The van der Waals surface area contributed by atoms with Crippen molar-refractivity contribution < 1.29 is 4.79 Å². The minimum Gasteiger partial charge on any atom is -0.356 e. The highest BCUT2D eigenvalue weighted by Gasteiger charge is 2.17. The molecule has 1 aliphatic rings. The molecule has 0 spiro atoms. The molecule has 1 atom stereocenters. The Morgan fingerprint density at radius 3 is 3.14 bits per heavy atom. The lowest BCUT2D eigenvalue weighted by atomic mass is 9.93. The number of nitrogens with one attached hydrogen (secondary N) is 1. The molecule has 2 heterocycles. The summed E-state index contributed by atoms with van der Waals surface area (Å²) in [5.41, 5.74) is 1.09. The number of aryl methyl sites for hydroxylation is 2. The molecule has 1 aromatic rings. The van der Waals surface area contributed by atoms with E-state index in [4.69, 9.17) is 0 Å². The van der Waals surface area contributed by atoms with Crippen LogP contribution in [0.3, 0.4) is 0 Å². The van der Waals surface area contributed by atoms with Crippen molar-refractivity contribution in [3.05, 3.63) is 16.1 Å². The first-order chi connectivity index (χ1) is 10.1. The zero-order valence-corrected chi connectivity index (χ0v) is 14.0. The SMILES string of the molecule is Cc1csc(CCCNC(=O)CC[C@@H]2CCCN(C)C2)n1. The van der Waals surface area contributed by atoms with Crippen LogP contribution < -0.4 is 5.32 Å². The number of aromatic nitrogens is 1. The van der Waals surface area contributed by atoms with Gasteiger partial charge in [0, 0.05) is 37.0 Å². The van der Waals surface area contributed by atoms with E-state index in [9.17, 15) is 4.79 Å². The Hall–Kier alpha value is -0.940. The van der Waals surface area contributed by atoms with Crippen LogP contribution in [0.2, 0.25) is 0 Å². The molecule has 0 aromatic carbocycles. The molecule has 2 rings (SSSR count). The summed E-state index contributed by atoms with van der Waals surface area (Å²) >= 11 is 1.71. The fourth-order valence-corrected chi connectivity index (χ4v) is 3.74. The van der Waals surface area contributed by atoms with Crippen molar-refractivity contribution in [3.8, 4) is 0 Å². The molecule has 1 N–H and O–H groups in total. The Labute approximate surface area is 132 Å². The maximum absolute atomic E-state index is 11.8. The fourth-order valence-electron chi connectivity index (χ4n) is 2.92. The Balaban J connectivity index is 1.53. The monoisotopic (exact) mass is 309 g/mol. The zero-order valence-electron chi connectivity index (χ0n) is 13.2. The summed E-state index contributed by atoms with van der Waals surface area (Å²) < 4.78 is 0. The molecule has 21 heavy (non-hydrogen) atoms. The minimum atomic E-state index is 0.207. The van der Waals surface area contributed by atoms with Crippen LogP contribution in [-0.4, -0.2) is 42.5 Å². The average molecular weight is 309 g/mol. The number of piperidine rings is 1. The van der Waals surface area contributed by atoms with Crippen LogP contribution in [0.5, 0.6) is 0 Å². The molecule has 5 heteroatoms. The van der Waals surface area contributed by atoms with Crippen LogP contribution in [0.4, 0.5) is 0 Å². The van der Waals surface area contributed by atoms with Gasteiger partial charge >= 0.3 is 0 Å². The van der Waals surface area contributed by atoms with Gasteiger partial charge in [-0.2, -0.15) is 0 Å². The number of hydrogen-bond donors (Lipinski definition) is 1. The van der Waals surface area contributed by atoms with E-state index in [2.05, 4.69) is 27.6 Å². The van der Waals surface area contributed by atoms with Crippen LogP contribution in [0.15, 0.2) is 5.38 Å². The molecule has 1 amide bonds. The van der Waals surface area contributed by atoms with Gasteiger partial charge in [-0.05, 0) is 52.1 Å². The summed E-state index contributed by atoms with van der Waals surface area (Å²) in [5, 5.41) is 6.29. The van der Waals surface area contributed by atoms with Crippen LogP contribution in [0, 0.1) is 12.8 Å². The van der Waals surface area contributed by atoms with Crippen molar-refractivity contribution in [2.45, 2.75) is 45.4 Å². The van der Waals surface area contributed by atoms with E-state index in [0.717, 1.165) is 38.0 Å². The van der Waals surface area contributed by atoms with Crippen molar-refractivity contribution in [1.82, 2.24) is 15.2 Å². The van der Waals surface area contributed by atoms with Crippen LogP contribution in [0.25, 0.3) is 0 Å².